The normalized spacial score (nSPS) is 15.5. The van der Waals surface area contributed by atoms with Crippen LogP contribution in [0.15, 0.2) is 18.2 Å². The summed E-state index contributed by atoms with van der Waals surface area (Å²) in [4.78, 5) is 14.1. The maximum Gasteiger partial charge on any atom is 0.228 e. The van der Waals surface area contributed by atoms with Gasteiger partial charge >= 0.3 is 0 Å². The molecule has 1 N–H and O–H groups in total. The van der Waals surface area contributed by atoms with Crippen molar-refractivity contribution in [2.45, 2.75) is 46.1 Å². The number of anilines is 1. The molecule has 1 unspecified atom stereocenters. The van der Waals surface area contributed by atoms with Crippen LogP contribution in [-0.4, -0.2) is 23.9 Å². The van der Waals surface area contributed by atoms with Crippen molar-refractivity contribution in [1.82, 2.24) is 4.90 Å². The Morgan fingerprint density at radius 2 is 1.95 bits per heavy atom. The van der Waals surface area contributed by atoms with Crippen LogP contribution in [-0.2, 0) is 11.2 Å². The van der Waals surface area contributed by atoms with E-state index in [-0.39, 0.29) is 5.91 Å². The fourth-order valence-electron chi connectivity index (χ4n) is 2.94. The second-order valence-electron chi connectivity index (χ2n) is 5.31. The Balaban J connectivity index is 2.26. The minimum Gasteiger partial charge on any atom is -0.326 e. The van der Waals surface area contributed by atoms with Crippen molar-refractivity contribution in [2.75, 3.05) is 18.4 Å². The van der Waals surface area contributed by atoms with Gasteiger partial charge in [0.2, 0.25) is 5.91 Å². The predicted molar refractivity (Wildman–Crippen MR) is 79.3 cm³/mol. The van der Waals surface area contributed by atoms with Crippen LogP contribution in [0, 0.1) is 0 Å². The van der Waals surface area contributed by atoms with Crippen LogP contribution >= 0.6 is 0 Å². The first-order chi connectivity index (χ1) is 9.17. The molecule has 1 heterocycles. The van der Waals surface area contributed by atoms with Gasteiger partial charge in [0.05, 0.1) is 6.42 Å². The summed E-state index contributed by atoms with van der Waals surface area (Å²) in [5.74, 6) is 0.118. The van der Waals surface area contributed by atoms with Crippen molar-refractivity contribution in [3.63, 3.8) is 0 Å². The highest BCUT2D eigenvalue weighted by Gasteiger charge is 2.24. The molecule has 1 amide bonds. The highest BCUT2D eigenvalue weighted by Crippen LogP contribution is 2.32. The number of fused-ring (bicyclic) bond motifs is 1. The zero-order chi connectivity index (χ0) is 13.8. The molecule has 2 rings (SSSR count). The first kappa shape index (κ1) is 14.1. The summed E-state index contributed by atoms with van der Waals surface area (Å²) >= 11 is 0. The summed E-state index contributed by atoms with van der Waals surface area (Å²) in [6.45, 7) is 8.91. The van der Waals surface area contributed by atoms with E-state index in [0.29, 0.717) is 12.5 Å². The lowest BCUT2D eigenvalue weighted by molar-refractivity contribution is -0.115. The number of rotatable bonds is 6. The Hall–Kier alpha value is -1.35. The van der Waals surface area contributed by atoms with Crippen LogP contribution in [0.25, 0.3) is 0 Å². The molecule has 1 aromatic rings. The summed E-state index contributed by atoms with van der Waals surface area (Å²) < 4.78 is 0. The lowest BCUT2D eigenvalue weighted by Gasteiger charge is -2.30. The Kier molecular flexibility index (Phi) is 4.59. The zero-order valence-electron chi connectivity index (χ0n) is 12.2. The second kappa shape index (κ2) is 6.20. The van der Waals surface area contributed by atoms with Crippen molar-refractivity contribution in [3.8, 4) is 0 Å². The van der Waals surface area contributed by atoms with Crippen molar-refractivity contribution in [3.05, 3.63) is 29.3 Å². The Morgan fingerprint density at radius 3 is 2.58 bits per heavy atom. The van der Waals surface area contributed by atoms with Gasteiger partial charge in [0, 0.05) is 11.7 Å². The molecule has 1 atom stereocenters. The van der Waals surface area contributed by atoms with Gasteiger partial charge in [0.1, 0.15) is 0 Å². The molecule has 0 bridgehead atoms. The molecule has 0 fully saturated rings. The number of amides is 1. The minimum absolute atomic E-state index is 0.118. The average Bonchev–Trinajstić information content (AvgIpc) is 2.77. The Labute approximate surface area is 116 Å². The summed E-state index contributed by atoms with van der Waals surface area (Å²) in [6.07, 6.45) is 2.86. The van der Waals surface area contributed by atoms with Crippen molar-refractivity contribution in [2.24, 2.45) is 0 Å². The van der Waals surface area contributed by atoms with E-state index in [9.17, 15) is 4.79 Å². The van der Waals surface area contributed by atoms with Crippen molar-refractivity contribution >= 4 is 11.6 Å². The number of nitrogens with one attached hydrogen (secondary N) is 1. The largest absolute Gasteiger partial charge is 0.326 e. The van der Waals surface area contributed by atoms with Gasteiger partial charge in [-0.1, -0.05) is 26.0 Å². The molecule has 1 aliphatic rings. The van der Waals surface area contributed by atoms with Gasteiger partial charge in [-0.05, 0) is 50.0 Å². The molecule has 3 heteroatoms. The summed E-state index contributed by atoms with van der Waals surface area (Å²) in [5.41, 5.74) is 3.50. The van der Waals surface area contributed by atoms with E-state index in [1.54, 1.807) is 0 Å². The van der Waals surface area contributed by atoms with Gasteiger partial charge in [0.25, 0.3) is 0 Å². The first-order valence-electron chi connectivity index (χ1n) is 7.33. The van der Waals surface area contributed by atoms with E-state index in [1.165, 1.54) is 11.1 Å². The fourth-order valence-corrected chi connectivity index (χ4v) is 2.94. The molecule has 1 aromatic carbocycles. The molecule has 0 radical (unpaired) electrons. The van der Waals surface area contributed by atoms with Crippen LogP contribution in [0.3, 0.4) is 0 Å². The van der Waals surface area contributed by atoms with Crippen LogP contribution in [0.4, 0.5) is 5.69 Å². The van der Waals surface area contributed by atoms with Gasteiger partial charge in [-0.2, -0.15) is 0 Å². The molecule has 1 aliphatic heterocycles. The maximum absolute atomic E-state index is 11.6. The topological polar surface area (TPSA) is 32.3 Å². The molecule has 19 heavy (non-hydrogen) atoms. The van der Waals surface area contributed by atoms with Gasteiger partial charge in [-0.25, -0.2) is 0 Å². The van der Waals surface area contributed by atoms with Gasteiger partial charge in [-0.15, -0.1) is 0 Å². The lowest BCUT2D eigenvalue weighted by atomic mass is 9.98. The number of nitrogens with zero attached hydrogens (tertiary/aromatic N) is 1. The molecule has 0 saturated carbocycles. The summed E-state index contributed by atoms with van der Waals surface area (Å²) in [7, 11) is 0. The number of carbonyl (C=O) groups excluding carboxylic acids is 1. The summed E-state index contributed by atoms with van der Waals surface area (Å²) in [6, 6.07) is 6.59. The number of benzene rings is 1. The second-order valence-corrected chi connectivity index (χ2v) is 5.31. The molecule has 0 spiro atoms. The van der Waals surface area contributed by atoms with Crippen LogP contribution in [0.1, 0.15) is 50.8 Å². The van der Waals surface area contributed by atoms with E-state index in [4.69, 9.17) is 0 Å². The maximum atomic E-state index is 11.6. The molecular formula is C16H24N2O. The molecule has 0 saturated heterocycles. The Bertz CT molecular complexity index is 450. The molecule has 104 valence electrons. The quantitative estimate of drug-likeness (QED) is 0.850. The highest BCUT2D eigenvalue weighted by molar-refractivity contribution is 5.99. The summed E-state index contributed by atoms with van der Waals surface area (Å²) in [5, 5.41) is 2.94. The highest BCUT2D eigenvalue weighted by atomic mass is 16.1. The smallest absolute Gasteiger partial charge is 0.228 e. The lowest BCUT2D eigenvalue weighted by Crippen LogP contribution is -2.29. The van der Waals surface area contributed by atoms with E-state index in [2.05, 4.69) is 37.1 Å². The fraction of sp³-hybridized carbons (Fsp3) is 0.562. The van der Waals surface area contributed by atoms with Gasteiger partial charge < -0.3 is 5.32 Å². The molecule has 0 aliphatic carbocycles. The monoisotopic (exact) mass is 260 g/mol. The predicted octanol–water partition coefficient (Wildman–Crippen LogP) is 3.36. The van der Waals surface area contributed by atoms with E-state index in [0.717, 1.165) is 31.6 Å². The number of hydrogen-bond donors (Lipinski definition) is 1. The van der Waals surface area contributed by atoms with E-state index < -0.39 is 0 Å². The van der Waals surface area contributed by atoms with Gasteiger partial charge in [-0.3, -0.25) is 9.69 Å². The zero-order valence-corrected chi connectivity index (χ0v) is 12.2. The van der Waals surface area contributed by atoms with E-state index >= 15 is 0 Å². The SMILES string of the molecule is CCCN(CCC)C(C)c1cccc2c1CC(=O)N2. The van der Waals surface area contributed by atoms with Crippen molar-refractivity contribution < 1.29 is 4.79 Å². The van der Waals surface area contributed by atoms with Crippen molar-refractivity contribution in [1.29, 1.82) is 0 Å². The molecular weight excluding hydrogens is 236 g/mol. The molecule has 0 aromatic heterocycles. The third-order valence-electron chi connectivity index (χ3n) is 3.84. The minimum atomic E-state index is 0.118. The van der Waals surface area contributed by atoms with E-state index in [1.807, 2.05) is 12.1 Å². The first-order valence-corrected chi connectivity index (χ1v) is 7.33. The molecule has 3 nitrogen and oxygen atoms in total. The van der Waals surface area contributed by atoms with Crippen LogP contribution < -0.4 is 5.32 Å². The standard InChI is InChI=1S/C16H24N2O/c1-4-9-18(10-5-2)12(3)13-7-6-8-15-14(13)11-16(19)17-15/h6-8,12H,4-5,9-11H2,1-3H3,(H,17,19). The average molecular weight is 260 g/mol. The van der Waals surface area contributed by atoms with Gasteiger partial charge in [0.15, 0.2) is 0 Å². The third kappa shape index (κ3) is 2.98. The number of carbonyl (C=O) groups is 1. The third-order valence-corrected chi connectivity index (χ3v) is 3.84. The van der Waals surface area contributed by atoms with Crippen LogP contribution in [0.2, 0.25) is 0 Å². The number of hydrogen-bond acceptors (Lipinski definition) is 2. The van der Waals surface area contributed by atoms with Crippen LogP contribution in [0.5, 0.6) is 0 Å². The Morgan fingerprint density at radius 1 is 1.26 bits per heavy atom.